The van der Waals surface area contributed by atoms with E-state index in [9.17, 15) is 0 Å². The first-order valence-corrected chi connectivity index (χ1v) is 8.25. The first kappa shape index (κ1) is 13.7. The molecule has 0 aromatic rings. The standard InChI is InChI=1S/C14H27NOS/c1-4-17-14-6-5-12(9-14)15-13-7-10(2)16-11(3)8-13/h10-15H,4-9H2,1-3H3. The van der Waals surface area contributed by atoms with Gasteiger partial charge in [0.1, 0.15) is 0 Å². The predicted molar refractivity (Wildman–Crippen MR) is 75.7 cm³/mol. The van der Waals surface area contributed by atoms with Crippen LogP contribution < -0.4 is 5.32 Å². The van der Waals surface area contributed by atoms with E-state index < -0.39 is 0 Å². The Morgan fingerprint density at radius 1 is 1.06 bits per heavy atom. The van der Waals surface area contributed by atoms with Gasteiger partial charge in [0.05, 0.1) is 12.2 Å². The fourth-order valence-corrected chi connectivity index (χ4v) is 4.50. The molecule has 4 atom stereocenters. The van der Waals surface area contributed by atoms with Crippen LogP contribution in [0.25, 0.3) is 0 Å². The summed E-state index contributed by atoms with van der Waals surface area (Å²) < 4.78 is 5.80. The summed E-state index contributed by atoms with van der Waals surface area (Å²) in [6.07, 6.45) is 7.39. The third-order valence-corrected chi connectivity index (χ3v) is 5.19. The van der Waals surface area contributed by atoms with Crippen LogP contribution >= 0.6 is 11.8 Å². The lowest BCUT2D eigenvalue weighted by molar-refractivity contribution is -0.0434. The number of hydrogen-bond donors (Lipinski definition) is 1. The molecule has 0 spiro atoms. The van der Waals surface area contributed by atoms with Crippen LogP contribution in [0.2, 0.25) is 0 Å². The van der Waals surface area contributed by atoms with Crippen molar-refractivity contribution in [3.63, 3.8) is 0 Å². The van der Waals surface area contributed by atoms with Gasteiger partial charge in [-0.25, -0.2) is 0 Å². The molecular weight excluding hydrogens is 230 g/mol. The normalized spacial score (nSPS) is 42.9. The fraction of sp³-hybridized carbons (Fsp3) is 1.00. The van der Waals surface area contributed by atoms with Crippen LogP contribution in [0.3, 0.4) is 0 Å². The van der Waals surface area contributed by atoms with Crippen molar-refractivity contribution in [3.05, 3.63) is 0 Å². The topological polar surface area (TPSA) is 21.3 Å². The maximum Gasteiger partial charge on any atom is 0.0565 e. The average Bonchev–Trinajstić information content (AvgIpc) is 2.64. The van der Waals surface area contributed by atoms with Crippen LogP contribution in [0.15, 0.2) is 0 Å². The molecule has 3 heteroatoms. The summed E-state index contributed by atoms with van der Waals surface area (Å²) in [4.78, 5) is 0. The summed E-state index contributed by atoms with van der Waals surface area (Å²) in [7, 11) is 0. The number of thioether (sulfide) groups is 1. The number of hydrogen-bond acceptors (Lipinski definition) is 3. The summed E-state index contributed by atoms with van der Waals surface area (Å²) in [6.45, 7) is 6.68. The van der Waals surface area contributed by atoms with Crippen molar-refractivity contribution in [2.75, 3.05) is 5.75 Å². The third kappa shape index (κ3) is 4.15. The van der Waals surface area contributed by atoms with Crippen LogP contribution in [0.4, 0.5) is 0 Å². The highest BCUT2D eigenvalue weighted by molar-refractivity contribution is 7.99. The SMILES string of the molecule is CCSC1CCC(NC2CC(C)OC(C)C2)C1. The Kier molecular flexibility index (Phi) is 5.19. The van der Waals surface area contributed by atoms with Gasteiger partial charge in [0, 0.05) is 17.3 Å². The Bertz CT molecular complexity index is 226. The van der Waals surface area contributed by atoms with Crippen molar-refractivity contribution >= 4 is 11.8 Å². The highest BCUT2D eigenvalue weighted by Gasteiger charge is 2.30. The van der Waals surface area contributed by atoms with Gasteiger partial charge in [0.2, 0.25) is 0 Å². The van der Waals surface area contributed by atoms with E-state index in [2.05, 4.69) is 37.8 Å². The van der Waals surface area contributed by atoms with Crippen molar-refractivity contribution < 1.29 is 4.74 Å². The minimum absolute atomic E-state index is 0.429. The Labute approximate surface area is 110 Å². The second kappa shape index (κ2) is 6.44. The maximum atomic E-state index is 5.80. The van der Waals surface area contributed by atoms with Gasteiger partial charge in [-0.05, 0) is 51.7 Å². The zero-order chi connectivity index (χ0) is 12.3. The van der Waals surface area contributed by atoms with E-state index in [0.717, 1.165) is 11.3 Å². The lowest BCUT2D eigenvalue weighted by Crippen LogP contribution is -2.45. The molecule has 1 heterocycles. The third-order valence-electron chi connectivity index (χ3n) is 3.96. The second-order valence-corrected chi connectivity index (χ2v) is 7.26. The number of nitrogens with one attached hydrogen (secondary N) is 1. The Balaban J connectivity index is 1.74. The molecule has 1 saturated carbocycles. The van der Waals surface area contributed by atoms with E-state index in [-0.39, 0.29) is 0 Å². The van der Waals surface area contributed by atoms with Crippen LogP contribution in [-0.4, -0.2) is 35.3 Å². The second-order valence-electron chi connectivity index (χ2n) is 5.68. The minimum atomic E-state index is 0.429. The number of ether oxygens (including phenoxy) is 1. The molecule has 0 aromatic heterocycles. The molecule has 1 N–H and O–H groups in total. The molecule has 17 heavy (non-hydrogen) atoms. The predicted octanol–water partition coefficient (Wildman–Crippen LogP) is 3.21. The van der Waals surface area contributed by atoms with E-state index in [1.165, 1.54) is 37.9 Å². The largest absolute Gasteiger partial charge is 0.375 e. The average molecular weight is 257 g/mol. The molecule has 1 aliphatic heterocycles. The molecule has 0 bridgehead atoms. The van der Waals surface area contributed by atoms with Gasteiger partial charge in [0.25, 0.3) is 0 Å². The van der Waals surface area contributed by atoms with Gasteiger partial charge in [0.15, 0.2) is 0 Å². The molecule has 1 aliphatic carbocycles. The van der Waals surface area contributed by atoms with E-state index in [4.69, 9.17) is 4.74 Å². The van der Waals surface area contributed by atoms with Crippen molar-refractivity contribution in [3.8, 4) is 0 Å². The number of rotatable bonds is 4. The molecule has 2 rings (SSSR count). The summed E-state index contributed by atoms with van der Waals surface area (Å²) in [5, 5.41) is 4.78. The zero-order valence-electron chi connectivity index (χ0n) is 11.4. The summed E-state index contributed by atoms with van der Waals surface area (Å²) in [5.41, 5.74) is 0. The molecule has 2 aliphatic rings. The highest BCUT2D eigenvalue weighted by atomic mass is 32.2. The molecule has 2 fully saturated rings. The monoisotopic (exact) mass is 257 g/mol. The summed E-state index contributed by atoms with van der Waals surface area (Å²) >= 11 is 2.14. The Morgan fingerprint density at radius 2 is 1.76 bits per heavy atom. The van der Waals surface area contributed by atoms with Crippen molar-refractivity contribution in [1.29, 1.82) is 0 Å². The van der Waals surface area contributed by atoms with Crippen molar-refractivity contribution in [2.45, 2.75) is 82.4 Å². The van der Waals surface area contributed by atoms with Crippen LogP contribution in [-0.2, 0) is 4.74 Å². The molecule has 2 nitrogen and oxygen atoms in total. The quantitative estimate of drug-likeness (QED) is 0.835. The maximum absolute atomic E-state index is 5.80. The summed E-state index contributed by atoms with van der Waals surface area (Å²) in [6, 6.07) is 1.45. The smallest absolute Gasteiger partial charge is 0.0565 e. The van der Waals surface area contributed by atoms with Crippen LogP contribution in [0.1, 0.15) is 52.9 Å². The van der Waals surface area contributed by atoms with Crippen LogP contribution in [0.5, 0.6) is 0 Å². The fourth-order valence-electron chi connectivity index (χ4n) is 3.35. The molecule has 0 radical (unpaired) electrons. The lowest BCUT2D eigenvalue weighted by atomic mass is 9.99. The van der Waals surface area contributed by atoms with Gasteiger partial charge in [-0.3, -0.25) is 0 Å². The van der Waals surface area contributed by atoms with E-state index >= 15 is 0 Å². The van der Waals surface area contributed by atoms with Gasteiger partial charge in [-0.1, -0.05) is 6.92 Å². The van der Waals surface area contributed by atoms with Crippen molar-refractivity contribution in [1.82, 2.24) is 5.32 Å². The summed E-state index contributed by atoms with van der Waals surface area (Å²) in [5.74, 6) is 1.27. The molecule has 0 aromatic carbocycles. The van der Waals surface area contributed by atoms with Crippen molar-refractivity contribution in [2.24, 2.45) is 0 Å². The van der Waals surface area contributed by atoms with E-state index in [1.54, 1.807) is 0 Å². The minimum Gasteiger partial charge on any atom is -0.375 e. The Morgan fingerprint density at radius 3 is 2.41 bits per heavy atom. The first-order valence-electron chi connectivity index (χ1n) is 7.20. The van der Waals surface area contributed by atoms with E-state index in [0.29, 0.717) is 18.2 Å². The van der Waals surface area contributed by atoms with Gasteiger partial charge in [-0.15, -0.1) is 0 Å². The highest BCUT2D eigenvalue weighted by Crippen LogP contribution is 2.31. The Hall–Kier alpha value is 0.270. The first-order chi connectivity index (χ1) is 8.17. The molecule has 4 unspecified atom stereocenters. The van der Waals surface area contributed by atoms with E-state index in [1.807, 2.05) is 0 Å². The van der Waals surface area contributed by atoms with Crippen LogP contribution in [0, 0.1) is 0 Å². The van der Waals surface area contributed by atoms with Gasteiger partial charge in [-0.2, -0.15) is 11.8 Å². The zero-order valence-corrected chi connectivity index (χ0v) is 12.3. The van der Waals surface area contributed by atoms with Gasteiger partial charge >= 0.3 is 0 Å². The molecular formula is C14H27NOS. The molecule has 100 valence electrons. The lowest BCUT2D eigenvalue weighted by Gasteiger charge is -2.34. The van der Waals surface area contributed by atoms with Gasteiger partial charge < -0.3 is 10.1 Å². The molecule has 0 amide bonds. The molecule has 1 saturated heterocycles.